The summed E-state index contributed by atoms with van der Waals surface area (Å²) in [6, 6.07) is 44.6. The van der Waals surface area contributed by atoms with E-state index in [1.165, 1.54) is 66.1 Å². The van der Waals surface area contributed by atoms with E-state index in [0.29, 0.717) is 11.8 Å². The molecule has 0 saturated carbocycles. The van der Waals surface area contributed by atoms with Crippen molar-refractivity contribution >= 4 is 21.5 Å². The molecule has 0 bridgehead atoms. The smallest absolute Gasteiger partial charge is 0.00842 e. The first-order valence-electron chi connectivity index (χ1n) is 14.2. The molecule has 0 spiro atoms. The fraction of sp³-hybridized carbons (Fsp3) is 0.100. The Balaban J connectivity index is 1.45. The Bertz CT molecular complexity index is 1850. The number of rotatable bonds is 4. The molecule has 6 aromatic rings. The van der Waals surface area contributed by atoms with Crippen LogP contribution in [0.25, 0.3) is 54.9 Å². The zero-order valence-electron chi connectivity index (χ0n) is 23.0. The summed E-state index contributed by atoms with van der Waals surface area (Å²) in [4.78, 5) is 0. The van der Waals surface area contributed by atoms with Crippen LogP contribution in [-0.4, -0.2) is 0 Å². The third-order valence-corrected chi connectivity index (χ3v) is 8.55. The number of fused-ring (bicyclic) bond motifs is 2. The largest absolute Gasteiger partial charge is 0.0808 e. The Labute approximate surface area is 237 Å². The van der Waals surface area contributed by atoms with Gasteiger partial charge in [0.25, 0.3) is 0 Å². The Morgan fingerprint density at radius 2 is 0.925 bits per heavy atom. The second kappa shape index (κ2) is 10.1. The van der Waals surface area contributed by atoms with Crippen LogP contribution in [0.15, 0.2) is 146 Å². The Morgan fingerprint density at radius 1 is 0.450 bits per heavy atom. The van der Waals surface area contributed by atoms with Gasteiger partial charge in [-0.2, -0.15) is 0 Å². The van der Waals surface area contributed by atoms with Crippen LogP contribution in [0.3, 0.4) is 0 Å². The molecule has 0 amide bonds. The van der Waals surface area contributed by atoms with Gasteiger partial charge in [-0.05, 0) is 78.9 Å². The highest BCUT2D eigenvalue weighted by molar-refractivity contribution is 6.21. The molecule has 0 saturated heterocycles. The lowest BCUT2D eigenvalue weighted by Crippen LogP contribution is -2.09. The molecule has 0 aliphatic heterocycles. The summed E-state index contributed by atoms with van der Waals surface area (Å²) in [5.74, 6) is 0.874. The minimum Gasteiger partial charge on any atom is -0.0808 e. The standard InChI is InChI=1S/C40H32/c1-27-12-6-7-15-33(27)38-26-32(21-20-28(38)2)40-36-18-10-8-16-34(36)39(35-17-9-11-19-37(35)40)31-24-22-30(23-25-31)29-13-4-3-5-14-29/h3-27,33H,1-2H3. The number of hydrogen-bond donors (Lipinski definition) is 0. The molecule has 0 radical (unpaired) electrons. The zero-order chi connectivity index (χ0) is 27.1. The monoisotopic (exact) mass is 512 g/mol. The maximum atomic E-state index is 2.45. The third-order valence-electron chi connectivity index (χ3n) is 8.55. The Hall–Kier alpha value is -4.68. The van der Waals surface area contributed by atoms with Crippen molar-refractivity contribution in [2.75, 3.05) is 0 Å². The van der Waals surface area contributed by atoms with Crippen molar-refractivity contribution in [3.8, 4) is 33.4 Å². The van der Waals surface area contributed by atoms with Crippen molar-refractivity contribution in [3.63, 3.8) is 0 Å². The summed E-state index contributed by atoms with van der Waals surface area (Å²) >= 11 is 0. The Kier molecular flexibility index (Phi) is 6.17. The number of allylic oxidation sites excluding steroid dienone is 4. The molecule has 1 aliphatic carbocycles. The summed E-state index contributed by atoms with van der Waals surface area (Å²) in [5.41, 5.74) is 10.4. The maximum absolute atomic E-state index is 2.45. The zero-order valence-corrected chi connectivity index (χ0v) is 23.0. The van der Waals surface area contributed by atoms with E-state index >= 15 is 0 Å². The molecule has 192 valence electrons. The number of hydrogen-bond acceptors (Lipinski definition) is 0. The van der Waals surface area contributed by atoms with E-state index < -0.39 is 0 Å². The lowest BCUT2D eigenvalue weighted by atomic mass is 9.80. The van der Waals surface area contributed by atoms with E-state index in [2.05, 4.69) is 159 Å². The van der Waals surface area contributed by atoms with Crippen molar-refractivity contribution < 1.29 is 0 Å². The van der Waals surface area contributed by atoms with E-state index in [9.17, 15) is 0 Å². The summed E-state index contributed by atoms with van der Waals surface area (Å²) in [7, 11) is 0. The molecular formula is C40H32. The van der Waals surface area contributed by atoms with E-state index in [1.807, 2.05) is 0 Å². The fourth-order valence-electron chi connectivity index (χ4n) is 6.47. The van der Waals surface area contributed by atoms with Gasteiger partial charge >= 0.3 is 0 Å². The highest BCUT2D eigenvalue weighted by Crippen LogP contribution is 2.45. The molecule has 0 aromatic heterocycles. The van der Waals surface area contributed by atoms with Crippen molar-refractivity contribution in [3.05, 3.63) is 157 Å². The molecule has 2 atom stereocenters. The quantitative estimate of drug-likeness (QED) is 0.206. The molecule has 2 unspecified atom stereocenters. The average Bonchev–Trinajstić information content (AvgIpc) is 3.01. The van der Waals surface area contributed by atoms with Gasteiger partial charge in [0.2, 0.25) is 0 Å². The maximum Gasteiger partial charge on any atom is 0.00842 e. The van der Waals surface area contributed by atoms with Gasteiger partial charge in [0.05, 0.1) is 0 Å². The summed E-state index contributed by atoms with van der Waals surface area (Å²) in [6.45, 7) is 4.57. The van der Waals surface area contributed by atoms with Crippen LogP contribution >= 0.6 is 0 Å². The minimum atomic E-state index is 0.393. The van der Waals surface area contributed by atoms with Gasteiger partial charge in [0.15, 0.2) is 0 Å². The van der Waals surface area contributed by atoms with Crippen LogP contribution in [0.4, 0.5) is 0 Å². The van der Waals surface area contributed by atoms with Crippen LogP contribution in [0.2, 0.25) is 0 Å². The molecule has 40 heavy (non-hydrogen) atoms. The first-order valence-corrected chi connectivity index (χ1v) is 14.2. The minimum absolute atomic E-state index is 0.393. The first-order chi connectivity index (χ1) is 19.7. The van der Waals surface area contributed by atoms with E-state index in [4.69, 9.17) is 0 Å². The van der Waals surface area contributed by atoms with Crippen molar-refractivity contribution in [1.29, 1.82) is 0 Å². The molecule has 0 heteroatoms. The van der Waals surface area contributed by atoms with Gasteiger partial charge in [0.1, 0.15) is 0 Å². The predicted molar refractivity (Wildman–Crippen MR) is 173 cm³/mol. The topological polar surface area (TPSA) is 0 Å². The molecular weight excluding hydrogens is 480 g/mol. The van der Waals surface area contributed by atoms with Crippen molar-refractivity contribution in [2.24, 2.45) is 5.92 Å². The highest BCUT2D eigenvalue weighted by Gasteiger charge is 2.21. The average molecular weight is 513 g/mol. The molecule has 1 aliphatic rings. The SMILES string of the molecule is Cc1ccc(-c2c3ccccc3c(-c3ccc(-c4ccccc4)cc3)c3ccccc23)cc1C1C=CC=CC1C. The van der Waals surface area contributed by atoms with Gasteiger partial charge in [-0.25, -0.2) is 0 Å². The van der Waals surface area contributed by atoms with Gasteiger partial charge in [0, 0.05) is 5.92 Å². The Morgan fingerprint density at radius 3 is 1.52 bits per heavy atom. The molecule has 0 N–H and O–H groups in total. The molecule has 7 rings (SSSR count). The fourth-order valence-corrected chi connectivity index (χ4v) is 6.47. The summed E-state index contributed by atoms with van der Waals surface area (Å²) in [5, 5.41) is 5.18. The molecule has 0 heterocycles. The second-order valence-corrected chi connectivity index (χ2v) is 11.0. The summed E-state index contributed by atoms with van der Waals surface area (Å²) in [6.07, 6.45) is 9.04. The third kappa shape index (κ3) is 4.17. The normalized spacial score (nSPS) is 16.6. The number of benzene rings is 6. The highest BCUT2D eigenvalue weighted by atomic mass is 14.2. The second-order valence-electron chi connectivity index (χ2n) is 11.0. The van der Waals surface area contributed by atoms with E-state index in [-0.39, 0.29) is 0 Å². The first kappa shape index (κ1) is 24.4. The van der Waals surface area contributed by atoms with Gasteiger partial charge in [-0.1, -0.05) is 153 Å². The van der Waals surface area contributed by atoms with Crippen LogP contribution < -0.4 is 0 Å². The van der Waals surface area contributed by atoms with E-state index in [0.717, 1.165) is 0 Å². The lowest BCUT2D eigenvalue weighted by Gasteiger charge is -2.24. The van der Waals surface area contributed by atoms with Crippen LogP contribution in [0, 0.1) is 12.8 Å². The van der Waals surface area contributed by atoms with Crippen LogP contribution in [0.5, 0.6) is 0 Å². The predicted octanol–water partition coefficient (Wildman–Crippen LogP) is 11.1. The van der Waals surface area contributed by atoms with Crippen LogP contribution in [0.1, 0.15) is 24.0 Å². The molecule has 0 fully saturated rings. The van der Waals surface area contributed by atoms with E-state index in [1.54, 1.807) is 0 Å². The van der Waals surface area contributed by atoms with Gasteiger partial charge in [-0.3, -0.25) is 0 Å². The van der Waals surface area contributed by atoms with Gasteiger partial charge in [-0.15, -0.1) is 0 Å². The van der Waals surface area contributed by atoms with Gasteiger partial charge < -0.3 is 0 Å². The molecule has 6 aromatic carbocycles. The van der Waals surface area contributed by atoms with Crippen molar-refractivity contribution in [2.45, 2.75) is 19.8 Å². The lowest BCUT2D eigenvalue weighted by molar-refractivity contribution is 0.632. The van der Waals surface area contributed by atoms with Crippen molar-refractivity contribution in [1.82, 2.24) is 0 Å². The summed E-state index contributed by atoms with van der Waals surface area (Å²) < 4.78 is 0. The molecule has 0 nitrogen and oxygen atoms in total. The number of aryl methyl sites for hydroxylation is 1. The van der Waals surface area contributed by atoms with Crippen LogP contribution in [-0.2, 0) is 0 Å².